The van der Waals surface area contributed by atoms with Gasteiger partial charge < -0.3 is 20.6 Å². The zero-order valence-corrected chi connectivity index (χ0v) is 19.6. The molecule has 2 atom stereocenters. The van der Waals surface area contributed by atoms with Crippen LogP contribution in [-0.4, -0.2) is 45.8 Å². The van der Waals surface area contributed by atoms with E-state index in [1.54, 1.807) is 17.5 Å². The minimum atomic E-state index is -0.882. The molecule has 3 amide bonds. The number of fused-ring (bicyclic) bond motifs is 1. The first-order chi connectivity index (χ1) is 15.6. The monoisotopic (exact) mass is 469 g/mol. The van der Waals surface area contributed by atoms with Crippen LogP contribution in [0.5, 0.6) is 0 Å². The number of carbonyl (C=O) groups excluding carboxylic acids is 4. The number of piperidine rings is 1. The predicted molar refractivity (Wildman–Crippen MR) is 123 cm³/mol. The molecule has 8 nitrogen and oxygen atoms in total. The first kappa shape index (κ1) is 23.1. The van der Waals surface area contributed by atoms with Crippen molar-refractivity contribution in [1.82, 2.24) is 15.5 Å². The predicted octanol–water partition coefficient (Wildman–Crippen LogP) is 2.10. The fraction of sp³-hybridized carbons (Fsp3) is 0.417. The van der Waals surface area contributed by atoms with Crippen LogP contribution in [0.15, 0.2) is 29.6 Å². The van der Waals surface area contributed by atoms with Gasteiger partial charge in [0.15, 0.2) is 0 Å². The normalized spacial score (nSPS) is 20.4. The van der Waals surface area contributed by atoms with Crippen molar-refractivity contribution in [2.75, 3.05) is 0 Å². The summed E-state index contributed by atoms with van der Waals surface area (Å²) in [7, 11) is 0. The average Bonchev–Trinajstić information content (AvgIpc) is 3.31. The molecule has 174 valence electrons. The zero-order chi connectivity index (χ0) is 23.9. The summed E-state index contributed by atoms with van der Waals surface area (Å²) in [6.07, 6.45) is -0.108. The molecule has 0 bridgehead atoms. The van der Waals surface area contributed by atoms with E-state index < -0.39 is 24.0 Å². The van der Waals surface area contributed by atoms with E-state index in [2.05, 4.69) is 31.4 Å². The van der Waals surface area contributed by atoms with Gasteiger partial charge in [0.2, 0.25) is 11.7 Å². The van der Waals surface area contributed by atoms with Crippen LogP contribution in [0.1, 0.15) is 70.3 Å². The number of nitrogens with one attached hydrogen (secondary N) is 2. The fourth-order valence-electron chi connectivity index (χ4n) is 4.14. The highest BCUT2D eigenvalue weighted by atomic mass is 32.1. The second-order valence-corrected chi connectivity index (χ2v) is 10.4. The Bertz CT molecular complexity index is 1120. The number of thiophene rings is 1. The maximum Gasteiger partial charge on any atom is 0.292 e. The second kappa shape index (κ2) is 8.72. The van der Waals surface area contributed by atoms with Crippen molar-refractivity contribution in [2.24, 2.45) is 0 Å². The molecule has 2 unspecified atom stereocenters. The number of ketones is 1. The van der Waals surface area contributed by atoms with Gasteiger partial charge in [0.25, 0.3) is 11.8 Å². The molecule has 2 aromatic rings. The van der Waals surface area contributed by atoms with Crippen LogP contribution in [0.4, 0.5) is 0 Å². The molecule has 1 saturated heterocycles. The Morgan fingerprint density at radius 3 is 2.52 bits per heavy atom. The molecular formula is C24H27N3O5S. The largest absolute Gasteiger partial charge is 0.374 e. The van der Waals surface area contributed by atoms with Crippen LogP contribution in [0.2, 0.25) is 0 Å². The fourth-order valence-corrected chi connectivity index (χ4v) is 5.12. The lowest BCUT2D eigenvalue weighted by molar-refractivity contribution is -0.132. The highest BCUT2D eigenvalue weighted by molar-refractivity contribution is 7.10. The summed E-state index contributed by atoms with van der Waals surface area (Å²) in [4.78, 5) is 52.3. The van der Waals surface area contributed by atoms with E-state index >= 15 is 0 Å². The van der Waals surface area contributed by atoms with Gasteiger partial charge in [0.05, 0.1) is 12.1 Å². The quantitative estimate of drug-likeness (QED) is 0.458. The topological polar surface area (TPSA) is 116 Å². The van der Waals surface area contributed by atoms with Crippen molar-refractivity contribution in [3.8, 4) is 0 Å². The third-order valence-electron chi connectivity index (χ3n) is 6.13. The van der Waals surface area contributed by atoms with Crippen LogP contribution in [-0.2, 0) is 28.1 Å². The SMILES string of the molecule is CC(C)(C)c1ccc(C(=O)C(=O)NCc2scc3c2CN(C2CCC(O)NC2=O)C3=O)cc1. The van der Waals surface area contributed by atoms with Gasteiger partial charge in [-0.2, -0.15) is 0 Å². The molecule has 9 heteroatoms. The van der Waals surface area contributed by atoms with E-state index in [1.807, 2.05) is 12.1 Å². The first-order valence-corrected chi connectivity index (χ1v) is 11.8. The molecule has 1 aromatic carbocycles. The molecule has 3 N–H and O–H groups in total. The summed E-state index contributed by atoms with van der Waals surface area (Å²) in [5.41, 5.74) is 2.64. The Hall–Kier alpha value is -3.04. The smallest absolute Gasteiger partial charge is 0.292 e. The van der Waals surface area contributed by atoms with Gasteiger partial charge in [-0.1, -0.05) is 45.0 Å². The summed E-state index contributed by atoms with van der Waals surface area (Å²) in [5, 5.41) is 16.4. The maximum atomic E-state index is 12.8. The molecule has 0 spiro atoms. The lowest BCUT2D eigenvalue weighted by Gasteiger charge is -2.32. The summed E-state index contributed by atoms with van der Waals surface area (Å²) in [6, 6.07) is 6.40. The standard InChI is InChI=1S/C24H27N3O5S/c1-24(2,3)14-6-4-13(5-7-14)20(29)22(31)25-10-18-15-11-27(23(32)16(15)12-33-18)17-8-9-19(28)26-21(17)30/h4-7,12,17,19,28H,8-11H2,1-3H3,(H,25,31)(H,26,30). The van der Waals surface area contributed by atoms with Crippen LogP contribution in [0.25, 0.3) is 0 Å². The van der Waals surface area contributed by atoms with Crippen molar-refractivity contribution in [3.63, 3.8) is 0 Å². The first-order valence-electron chi connectivity index (χ1n) is 10.9. The van der Waals surface area contributed by atoms with E-state index in [0.29, 0.717) is 24.0 Å². The Labute approximate surface area is 196 Å². The van der Waals surface area contributed by atoms with Crippen LogP contribution >= 0.6 is 11.3 Å². The molecular weight excluding hydrogens is 442 g/mol. The number of hydrogen-bond acceptors (Lipinski definition) is 6. The summed E-state index contributed by atoms with van der Waals surface area (Å²) < 4.78 is 0. The Morgan fingerprint density at radius 2 is 1.88 bits per heavy atom. The Kier molecular flexibility index (Phi) is 6.11. The molecule has 4 rings (SSSR count). The van der Waals surface area contributed by atoms with Gasteiger partial charge in [-0.25, -0.2) is 0 Å². The number of benzene rings is 1. The summed E-state index contributed by atoms with van der Waals surface area (Å²) in [6.45, 7) is 6.62. The van der Waals surface area contributed by atoms with Gasteiger partial charge >= 0.3 is 0 Å². The molecule has 0 saturated carbocycles. The minimum absolute atomic E-state index is 0.0488. The third kappa shape index (κ3) is 4.56. The molecule has 1 fully saturated rings. The van der Waals surface area contributed by atoms with Crippen molar-refractivity contribution in [2.45, 2.75) is 64.4 Å². The van der Waals surface area contributed by atoms with Crippen molar-refractivity contribution in [1.29, 1.82) is 0 Å². The van der Waals surface area contributed by atoms with Gasteiger partial charge in [-0.3, -0.25) is 19.2 Å². The van der Waals surface area contributed by atoms with Gasteiger partial charge in [0, 0.05) is 22.4 Å². The number of nitrogens with zero attached hydrogens (tertiary/aromatic N) is 1. The Morgan fingerprint density at radius 1 is 1.18 bits per heavy atom. The van der Waals surface area contributed by atoms with Crippen LogP contribution < -0.4 is 10.6 Å². The van der Waals surface area contributed by atoms with E-state index in [0.717, 1.165) is 16.0 Å². The van der Waals surface area contributed by atoms with Crippen molar-refractivity contribution >= 4 is 34.8 Å². The molecule has 2 aliphatic rings. The zero-order valence-electron chi connectivity index (χ0n) is 18.8. The average molecular weight is 470 g/mol. The number of hydrogen-bond donors (Lipinski definition) is 3. The third-order valence-corrected chi connectivity index (χ3v) is 7.16. The second-order valence-electron chi connectivity index (χ2n) is 9.44. The molecule has 0 aliphatic carbocycles. The number of amides is 3. The van der Waals surface area contributed by atoms with Crippen molar-refractivity contribution in [3.05, 3.63) is 56.8 Å². The van der Waals surface area contributed by atoms with Gasteiger partial charge in [-0.15, -0.1) is 11.3 Å². The van der Waals surface area contributed by atoms with Crippen LogP contribution in [0.3, 0.4) is 0 Å². The molecule has 33 heavy (non-hydrogen) atoms. The molecule has 2 aliphatic heterocycles. The number of carbonyl (C=O) groups is 4. The van der Waals surface area contributed by atoms with Gasteiger partial charge in [-0.05, 0) is 29.4 Å². The van der Waals surface area contributed by atoms with E-state index in [-0.39, 0.29) is 30.3 Å². The lowest BCUT2D eigenvalue weighted by atomic mass is 9.86. The van der Waals surface area contributed by atoms with E-state index in [4.69, 9.17) is 0 Å². The number of aliphatic hydroxyl groups excluding tert-OH is 1. The lowest BCUT2D eigenvalue weighted by Crippen LogP contribution is -2.54. The summed E-state index contributed by atoms with van der Waals surface area (Å²) in [5.74, 6) is -1.92. The highest BCUT2D eigenvalue weighted by Gasteiger charge is 2.40. The molecule has 1 aromatic heterocycles. The van der Waals surface area contributed by atoms with Crippen molar-refractivity contribution < 1.29 is 24.3 Å². The molecule has 3 heterocycles. The number of aliphatic hydroxyl groups is 1. The van der Waals surface area contributed by atoms with E-state index in [1.165, 1.54) is 16.2 Å². The van der Waals surface area contributed by atoms with Gasteiger partial charge in [0.1, 0.15) is 12.3 Å². The summed E-state index contributed by atoms with van der Waals surface area (Å²) >= 11 is 1.35. The highest BCUT2D eigenvalue weighted by Crippen LogP contribution is 2.34. The number of Topliss-reactive ketones (excluding diaryl/α,β-unsaturated/α-hetero) is 1. The molecule has 0 radical (unpaired) electrons. The van der Waals surface area contributed by atoms with Crippen LogP contribution in [0, 0.1) is 0 Å². The minimum Gasteiger partial charge on any atom is -0.374 e. The van der Waals surface area contributed by atoms with E-state index in [9.17, 15) is 24.3 Å². The Balaban J connectivity index is 1.40. The maximum absolute atomic E-state index is 12.8. The number of rotatable bonds is 5.